The van der Waals surface area contributed by atoms with Gasteiger partial charge < -0.3 is 10.0 Å². The summed E-state index contributed by atoms with van der Waals surface area (Å²) in [4.78, 5) is 23.3. The third kappa shape index (κ3) is 4.32. The third-order valence-corrected chi connectivity index (χ3v) is 2.99. The van der Waals surface area contributed by atoms with Crippen LogP contribution in [0.3, 0.4) is 0 Å². The summed E-state index contributed by atoms with van der Waals surface area (Å²) in [6.45, 7) is -0.189. The maximum absolute atomic E-state index is 11.6. The number of nitrogens with zero attached hydrogens (tertiary/aromatic N) is 1. The largest absolute Gasteiger partial charge is 0.480 e. The fourth-order valence-corrected chi connectivity index (χ4v) is 2.09. The lowest BCUT2D eigenvalue weighted by Gasteiger charge is -2.23. The van der Waals surface area contributed by atoms with E-state index in [-0.39, 0.29) is 12.5 Å². The van der Waals surface area contributed by atoms with E-state index in [0.717, 1.165) is 12.8 Å². The van der Waals surface area contributed by atoms with E-state index in [1.807, 2.05) is 0 Å². The second-order valence-electron chi connectivity index (χ2n) is 4.35. The van der Waals surface area contributed by atoms with E-state index in [4.69, 9.17) is 5.11 Å². The molecule has 4 heteroatoms. The van der Waals surface area contributed by atoms with Crippen molar-refractivity contribution in [2.75, 3.05) is 13.6 Å². The van der Waals surface area contributed by atoms with Gasteiger partial charge in [0.25, 0.3) is 0 Å². The van der Waals surface area contributed by atoms with Crippen LogP contribution < -0.4 is 0 Å². The monoisotopic (exact) mass is 213 g/mol. The van der Waals surface area contributed by atoms with Gasteiger partial charge in [0, 0.05) is 13.5 Å². The molecule has 0 aromatic heterocycles. The lowest BCUT2D eigenvalue weighted by atomic mass is 9.87. The molecule has 0 heterocycles. The van der Waals surface area contributed by atoms with Crippen LogP contribution in [0.15, 0.2) is 0 Å². The number of likely N-dealkylation sites (N-methyl/N-ethyl adjacent to an activating group) is 1. The first kappa shape index (κ1) is 12.0. The zero-order valence-electron chi connectivity index (χ0n) is 9.24. The Morgan fingerprint density at radius 3 is 2.40 bits per heavy atom. The highest BCUT2D eigenvalue weighted by Crippen LogP contribution is 2.26. The van der Waals surface area contributed by atoms with Crippen molar-refractivity contribution in [3.05, 3.63) is 0 Å². The van der Waals surface area contributed by atoms with Gasteiger partial charge in [0.05, 0.1) is 0 Å². The summed E-state index contributed by atoms with van der Waals surface area (Å²) in [5.41, 5.74) is 0. The first-order chi connectivity index (χ1) is 7.09. The fraction of sp³-hybridized carbons (Fsp3) is 0.818. The summed E-state index contributed by atoms with van der Waals surface area (Å²) >= 11 is 0. The quantitative estimate of drug-likeness (QED) is 0.770. The molecule has 0 saturated heterocycles. The van der Waals surface area contributed by atoms with Crippen molar-refractivity contribution in [1.29, 1.82) is 0 Å². The molecule has 0 aromatic carbocycles. The SMILES string of the molecule is CN(CC(=O)O)C(=O)CC1CCCCC1. The van der Waals surface area contributed by atoms with Gasteiger partial charge in [-0.3, -0.25) is 9.59 Å². The molecule has 0 aliphatic heterocycles. The van der Waals surface area contributed by atoms with Gasteiger partial charge in [-0.05, 0) is 18.8 Å². The number of hydrogen-bond acceptors (Lipinski definition) is 2. The average Bonchev–Trinajstić information content (AvgIpc) is 2.18. The summed E-state index contributed by atoms with van der Waals surface area (Å²) in [5, 5.41) is 8.54. The summed E-state index contributed by atoms with van der Waals surface area (Å²) in [6, 6.07) is 0. The van der Waals surface area contributed by atoms with Gasteiger partial charge in [-0.2, -0.15) is 0 Å². The fourth-order valence-electron chi connectivity index (χ4n) is 2.09. The maximum atomic E-state index is 11.6. The van der Waals surface area contributed by atoms with Gasteiger partial charge in [-0.1, -0.05) is 19.3 Å². The van der Waals surface area contributed by atoms with Crippen LogP contribution >= 0.6 is 0 Å². The normalized spacial score (nSPS) is 17.4. The summed E-state index contributed by atoms with van der Waals surface area (Å²) in [5.74, 6) is -0.513. The van der Waals surface area contributed by atoms with E-state index in [2.05, 4.69) is 0 Å². The molecular formula is C11H19NO3. The number of hydrogen-bond donors (Lipinski definition) is 1. The highest BCUT2D eigenvalue weighted by Gasteiger charge is 2.19. The van der Waals surface area contributed by atoms with Crippen molar-refractivity contribution in [2.45, 2.75) is 38.5 Å². The van der Waals surface area contributed by atoms with E-state index in [9.17, 15) is 9.59 Å². The Labute approximate surface area is 90.3 Å². The lowest BCUT2D eigenvalue weighted by molar-refractivity contribution is -0.143. The van der Waals surface area contributed by atoms with Crippen LogP contribution in [0.1, 0.15) is 38.5 Å². The zero-order chi connectivity index (χ0) is 11.3. The Bertz CT molecular complexity index is 234. The highest BCUT2D eigenvalue weighted by molar-refractivity contribution is 5.81. The summed E-state index contributed by atoms with van der Waals surface area (Å²) < 4.78 is 0. The molecule has 1 aliphatic rings. The third-order valence-electron chi connectivity index (χ3n) is 2.99. The molecule has 4 nitrogen and oxygen atoms in total. The molecule has 1 fully saturated rings. The van der Waals surface area contributed by atoms with Crippen LogP contribution in [0.2, 0.25) is 0 Å². The molecular weight excluding hydrogens is 194 g/mol. The van der Waals surface area contributed by atoms with Crippen molar-refractivity contribution >= 4 is 11.9 Å². The molecule has 0 aromatic rings. The van der Waals surface area contributed by atoms with Crippen LogP contribution in [0.5, 0.6) is 0 Å². The Kier molecular flexibility index (Phi) is 4.59. The van der Waals surface area contributed by atoms with E-state index in [1.54, 1.807) is 7.05 Å². The molecule has 1 amide bonds. The molecule has 1 N–H and O–H groups in total. The predicted molar refractivity (Wildman–Crippen MR) is 56.5 cm³/mol. The minimum absolute atomic E-state index is 0.0377. The topological polar surface area (TPSA) is 57.6 Å². The van der Waals surface area contributed by atoms with Crippen molar-refractivity contribution in [3.63, 3.8) is 0 Å². The van der Waals surface area contributed by atoms with Gasteiger partial charge in [0.15, 0.2) is 0 Å². The molecule has 1 rings (SSSR count). The lowest BCUT2D eigenvalue weighted by Crippen LogP contribution is -2.33. The maximum Gasteiger partial charge on any atom is 0.323 e. The van der Waals surface area contributed by atoms with E-state index in [1.165, 1.54) is 24.2 Å². The number of rotatable bonds is 4. The van der Waals surface area contributed by atoms with Crippen molar-refractivity contribution < 1.29 is 14.7 Å². The standard InChI is InChI=1S/C11H19NO3/c1-12(8-11(14)15)10(13)7-9-5-3-2-4-6-9/h9H,2-8H2,1H3,(H,14,15). The minimum atomic E-state index is -0.950. The van der Waals surface area contributed by atoms with Crippen LogP contribution in [0, 0.1) is 5.92 Å². The predicted octanol–water partition coefficient (Wildman–Crippen LogP) is 1.50. The smallest absolute Gasteiger partial charge is 0.323 e. The van der Waals surface area contributed by atoms with Gasteiger partial charge in [0.1, 0.15) is 6.54 Å². The van der Waals surface area contributed by atoms with Crippen LogP contribution in [0.4, 0.5) is 0 Å². The molecule has 86 valence electrons. The molecule has 15 heavy (non-hydrogen) atoms. The van der Waals surface area contributed by atoms with Gasteiger partial charge in [-0.15, -0.1) is 0 Å². The van der Waals surface area contributed by atoms with Crippen LogP contribution in [-0.4, -0.2) is 35.5 Å². The minimum Gasteiger partial charge on any atom is -0.480 e. The first-order valence-corrected chi connectivity index (χ1v) is 5.55. The number of carboxylic acid groups (broad SMARTS) is 1. The van der Waals surface area contributed by atoms with Gasteiger partial charge >= 0.3 is 5.97 Å². The molecule has 1 aliphatic carbocycles. The number of carbonyl (C=O) groups is 2. The Morgan fingerprint density at radius 2 is 1.87 bits per heavy atom. The number of amides is 1. The summed E-state index contributed by atoms with van der Waals surface area (Å²) in [6.07, 6.45) is 6.44. The van der Waals surface area contributed by atoms with Crippen LogP contribution in [-0.2, 0) is 9.59 Å². The van der Waals surface area contributed by atoms with E-state index in [0.29, 0.717) is 12.3 Å². The van der Waals surface area contributed by atoms with E-state index >= 15 is 0 Å². The van der Waals surface area contributed by atoms with E-state index < -0.39 is 5.97 Å². The number of carboxylic acids is 1. The van der Waals surface area contributed by atoms with Crippen molar-refractivity contribution in [3.8, 4) is 0 Å². The Morgan fingerprint density at radius 1 is 1.27 bits per heavy atom. The zero-order valence-corrected chi connectivity index (χ0v) is 9.24. The first-order valence-electron chi connectivity index (χ1n) is 5.55. The van der Waals surface area contributed by atoms with Crippen molar-refractivity contribution in [2.24, 2.45) is 5.92 Å². The highest BCUT2D eigenvalue weighted by atomic mass is 16.4. The molecule has 0 radical (unpaired) electrons. The van der Waals surface area contributed by atoms with Crippen LogP contribution in [0.25, 0.3) is 0 Å². The summed E-state index contributed by atoms with van der Waals surface area (Å²) in [7, 11) is 1.55. The van der Waals surface area contributed by atoms with Gasteiger partial charge in [0.2, 0.25) is 5.91 Å². The Hall–Kier alpha value is -1.06. The second kappa shape index (κ2) is 5.73. The van der Waals surface area contributed by atoms with Crippen molar-refractivity contribution in [1.82, 2.24) is 4.90 Å². The van der Waals surface area contributed by atoms with Gasteiger partial charge in [-0.25, -0.2) is 0 Å². The molecule has 0 atom stereocenters. The Balaban J connectivity index is 2.30. The average molecular weight is 213 g/mol. The molecule has 0 unspecified atom stereocenters. The number of carbonyl (C=O) groups excluding carboxylic acids is 1. The molecule has 0 spiro atoms. The molecule has 1 saturated carbocycles. The second-order valence-corrected chi connectivity index (χ2v) is 4.35. The number of aliphatic carboxylic acids is 1. The molecule has 0 bridgehead atoms.